The summed E-state index contributed by atoms with van der Waals surface area (Å²) in [6.07, 6.45) is 5.17. The normalized spacial score (nSPS) is 13.6. The van der Waals surface area contributed by atoms with Crippen LogP contribution in [0.1, 0.15) is 19.3 Å². The van der Waals surface area contributed by atoms with E-state index in [9.17, 15) is 8.42 Å². The van der Waals surface area contributed by atoms with Gasteiger partial charge in [-0.1, -0.05) is 0 Å². The van der Waals surface area contributed by atoms with Crippen LogP contribution in [0.15, 0.2) is 47.4 Å². The van der Waals surface area contributed by atoms with E-state index in [1.165, 1.54) is 0 Å². The van der Waals surface area contributed by atoms with Crippen molar-refractivity contribution in [3.8, 4) is 5.75 Å². The Morgan fingerprint density at radius 1 is 1.12 bits per heavy atom. The van der Waals surface area contributed by atoms with Gasteiger partial charge in [-0.25, -0.2) is 8.42 Å². The highest BCUT2D eigenvalue weighted by Gasteiger charge is 2.25. The van der Waals surface area contributed by atoms with Crippen molar-refractivity contribution in [3.63, 3.8) is 0 Å². The van der Waals surface area contributed by atoms with Gasteiger partial charge in [0.15, 0.2) is 5.11 Å². The number of rotatable bonds is 10. The van der Waals surface area contributed by atoms with Crippen molar-refractivity contribution in [2.75, 3.05) is 53.7 Å². The molecule has 1 aliphatic rings. The largest absolute Gasteiger partial charge is 0.497 e. The molecule has 1 fully saturated rings. The van der Waals surface area contributed by atoms with Crippen molar-refractivity contribution in [1.29, 1.82) is 0 Å². The van der Waals surface area contributed by atoms with Gasteiger partial charge in [0.25, 0.3) is 10.0 Å². The molecular weight excluding hydrogens is 464 g/mol. The van der Waals surface area contributed by atoms with E-state index in [1.54, 1.807) is 49.2 Å². The second kappa shape index (κ2) is 11.6. The molecule has 0 atom stereocenters. The minimum absolute atomic E-state index is 0.227. The Kier molecular flexibility index (Phi) is 8.89. The highest BCUT2D eigenvalue weighted by atomic mass is 32.2. The van der Waals surface area contributed by atoms with Crippen molar-refractivity contribution >= 4 is 56.2 Å². The molecule has 3 rings (SSSR count). The summed E-state index contributed by atoms with van der Waals surface area (Å²) in [7, 11) is -2.25. The van der Waals surface area contributed by atoms with Crippen LogP contribution >= 0.6 is 24.0 Å². The molecule has 3 N–H and O–H groups in total. The molecule has 0 saturated carbocycles. The molecule has 32 heavy (non-hydrogen) atoms. The molecule has 7 nitrogen and oxygen atoms in total. The van der Waals surface area contributed by atoms with Crippen molar-refractivity contribution in [2.24, 2.45) is 0 Å². The van der Waals surface area contributed by atoms with E-state index in [0.717, 1.165) is 44.6 Å². The maximum absolute atomic E-state index is 13.4. The van der Waals surface area contributed by atoms with Crippen LogP contribution in [0, 0.1) is 0 Å². The lowest BCUT2D eigenvalue weighted by Crippen LogP contribution is -2.30. The second-order valence-electron chi connectivity index (χ2n) is 7.44. The Morgan fingerprint density at radius 3 is 2.47 bits per heavy atom. The summed E-state index contributed by atoms with van der Waals surface area (Å²) in [4.78, 5) is 2.34. The molecule has 1 saturated heterocycles. The lowest BCUT2D eigenvalue weighted by Gasteiger charge is -2.23. The molecule has 10 heteroatoms. The van der Waals surface area contributed by atoms with Gasteiger partial charge in [-0.3, -0.25) is 4.72 Å². The predicted octanol–water partition coefficient (Wildman–Crippen LogP) is 4.14. The third kappa shape index (κ3) is 6.66. The van der Waals surface area contributed by atoms with Crippen LogP contribution in [-0.2, 0) is 10.0 Å². The maximum atomic E-state index is 13.4. The fraction of sp³-hybridized carbons (Fsp3) is 0.409. The first-order chi connectivity index (χ1) is 15.4. The van der Waals surface area contributed by atoms with Gasteiger partial charge in [-0.05, 0) is 86.0 Å². The summed E-state index contributed by atoms with van der Waals surface area (Å²) < 4.78 is 34.6. The monoisotopic (exact) mass is 494 g/mol. The maximum Gasteiger partial charge on any atom is 0.264 e. The van der Waals surface area contributed by atoms with Gasteiger partial charge in [0, 0.05) is 31.0 Å². The third-order valence-electron chi connectivity index (χ3n) is 5.11. The predicted molar refractivity (Wildman–Crippen MR) is 139 cm³/mol. The number of methoxy groups -OCH3 is 1. The zero-order valence-corrected chi connectivity index (χ0v) is 20.8. The zero-order valence-electron chi connectivity index (χ0n) is 18.4. The number of hydrogen-bond donors (Lipinski definition) is 3. The van der Waals surface area contributed by atoms with E-state index >= 15 is 0 Å². The average Bonchev–Trinajstić information content (AvgIpc) is 3.32. The Balaban J connectivity index is 1.83. The Morgan fingerprint density at radius 2 is 1.81 bits per heavy atom. The molecule has 0 aliphatic carbocycles. The summed E-state index contributed by atoms with van der Waals surface area (Å²) in [6.45, 7) is 2.45. The van der Waals surface area contributed by atoms with E-state index in [2.05, 4.69) is 26.5 Å². The zero-order chi connectivity index (χ0) is 23.0. The van der Waals surface area contributed by atoms with Crippen LogP contribution in [0.2, 0.25) is 0 Å². The fourth-order valence-electron chi connectivity index (χ4n) is 3.49. The Labute approximate surface area is 200 Å². The smallest absolute Gasteiger partial charge is 0.264 e. The first-order valence-electron chi connectivity index (χ1n) is 10.5. The number of ether oxygens (including phenoxy) is 1. The number of benzene rings is 2. The lowest BCUT2D eigenvalue weighted by molar-refractivity contribution is 0.415. The number of nitrogens with zero attached hydrogens (tertiary/aromatic N) is 1. The fourth-order valence-corrected chi connectivity index (χ4v) is 5.45. The molecule has 0 bridgehead atoms. The SMILES string of the molecule is COc1ccc(NS(=O)(=O)c2cc(NC(=S)NCCCSC)ccc2N2CCCC2)cc1. The molecule has 0 unspecified atom stereocenters. The summed E-state index contributed by atoms with van der Waals surface area (Å²) in [5.74, 6) is 1.72. The molecule has 0 radical (unpaired) electrons. The van der Waals surface area contributed by atoms with Gasteiger partial charge in [-0.15, -0.1) is 0 Å². The highest BCUT2D eigenvalue weighted by molar-refractivity contribution is 7.98. The molecule has 1 aliphatic heterocycles. The minimum atomic E-state index is -3.82. The highest BCUT2D eigenvalue weighted by Crippen LogP contribution is 2.32. The van der Waals surface area contributed by atoms with Gasteiger partial charge in [-0.2, -0.15) is 11.8 Å². The summed E-state index contributed by atoms with van der Waals surface area (Å²) in [5.41, 5.74) is 1.81. The van der Waals surface area contributed by atoms with Crippen LogP contribution in [0.25, 0.3) is 0 Å². The standard InChI is InChI=1S/C22H30N4O3S3/c1-29-19-9-6-17(7-10-19)25-32(27,28)21-16-18(24-22(30)23-12-5-15-31-2)8-11-20(21)26-13-3-4-14-26/h6-11,16,25H,3-5,12-15H2,1-2H3,(H2,23,24,30). The van der Waals surface area contributed by atoms with Crippen molar-refractivity contribution in [1.82, 2.24) is 5.32 Å². The van der Waals surface area contributed by atoms with E-state index in [-0.39, 0.29) is 4.90 Å². The third-order valence-corrected chi connectivity index (χ3v) is 7.46. The van der Waals surface area contributed by atoms with Gasteiger partial charge in [0.1, 0.15) is 10.6 Å². The quantitative estimate of drug-likeness (QED) is 0.336. The molecule has 0 aromatic heterocycles. The minimum Gasteiger partial charge on any atom is -0.497 e. The number of thiocarbonyl (C=S) groups is 1. The van der Waals surface area contributed by atoms with E-state index in [1.807, 2.05) is 12.1 Å². The molecule has 2 aromatic rings. The topological polar surface area (TPSA) is 82.7 Å². The van der Waals surface area contributed by atoms with Gasteiger partial charge >= 0.3 is 0 Å². The second-order valence-corrected chi connectivity index (χ2v) is 10.5. The molecule has 0 amide bonds. The summed E-state index contributed by atoms with van der Waals surface area (Å²) in [5, 5.41) is 6.76. The van der Waals surface area contributed by atoms with E-state index in [0.29, 0.717) is 27.9 Å². The molecule has 174 valence electrons. The average molecular weight is 495 g/mol. The Bertz CT molecular complexity index is 1010. The Hall–Kier alpha value is -2.17. The number of hydrogen-bond acceptors (Lipinski definition) is 6. The number of sulfonamides is 1. The van der Waals surface area contributed by atoms with Gasteiger partial charge in [0.2, 0.25) is 0 Å². The van der Waals surface area contributed by atoms with Crippen LogP contribution in [0.4, 0.5) is 17.1 Å². The van der Waals surface area contributed by atoms with Crippen LogP contribution in [0.3, 0.4) is 0 Å². The molecule has 0 spiro atoms. The molecule has 1 heterocycles. The first-order valence-corrected chi connectivity index (χ1v) is 13.8. The van der Waals surface area contributed by atoms with Gasteiger partial charge < -0.3 is 20.3 Å². The molecule has 2 aromatic carbocycles. The first kappa shape index (κ1) is 24.5. The number of anilines is 3. The van der Waals surface area contributed by atoms with Crippen molar-refractivity contribution < 1.29 is 13.2 Å². The van der Waals surface area contributed by atoms with Crippen molar-refractivity contribution in [3.05, 3.63) is 42.5 Å². The van der Waals surface area contributed by atoms with Crippen LogP contribution in [0.5, 0.6) is 5.75 Å². The van der Waals surface area contributed by atoms with Crippen LogP contribution < -0.4 is 25.0 Å². The van der Waals surface area contributed by atoms with Crippen LogP contribution in [-0.4, -0.2) is 52.3 Å². The molecular formula is C22H30N4O3S3. The number of nitrogens with one attached hydrogen (secondary N) is 3. The summed E-state index contributed by atoms with van der Waals surface area (Å²) in [6, 6.07) is 12.2. The summed E-state index contributed by atoms with van der Waals surface area (Å²) >= 11 is 7.16. The number of thioether (sulfide) groups is 1. The van der Waals surface area contributed by atoms with Gasteiger partial charge in [0.05, 0.1) is 12.8 Å². The van der Waals surface area contributed by atoms with Crippen molar-refractivity contribution in [2.45, 2.75) is 24.2 Å². The van der Waals surface area contributed by atoms with E-state index < -0.39 is 10.0 Å². The van der Waals surface area contributed by atoms with E-state index in [4.69, 9.17) is 17.0 Å². The lowest BCUT2D eigenvalue weighted by atomic mass is 10.2.